The normalized spacial score (nSPS) is 10.9. The van der Waals surface area contributed by atoms with Crippen molar-refractivity contribution in [2.45, 2.75) is 33.7 Å². The molecule has 0 saturated heterocycles. The van der Waals surface area contributed by atoms with Gasteiger partial charge in [0.15, 0.2) is 0 Å². The monoisotopic (exact) mass is 350 g/mol. The maximum Gasteiger partial charge on any atom is 0.278 e. The number of aromatic nitrogens is 3. The topological polar surface area (TPSA) is 76.9 Å². The lowest BCUT2D eigenvalue weighted by Gasteiger charge is -2.12. The van der Waals surface area contributed by atoms with E-state index in [1.807, 2.05) is 0 Å². The van der Waals surface area contributed by atoms with Crippen molar-refractivity contribution in [3.8, 4) is 0 Å². The van der Waals surface area contributed by atoms with E-state index in [1.165, 1.54) is 22.3 Å². The molecule has 134 valence electrons. The largest absolute Gasteiger partial charge is 0.354 e. The molecule has 0 spiro atoms. The van der Waals surface area contributed by atoms with Gasteiger partial charge in [-0.15, -0.1) is 5.10 Å². The van der Waals surface area contributed by atoms with Crippen LogP contribution in [0.15, 0.2) is 41.2 Å². The molecule has 0 aliphatic rings. The lowest BCUT2D eigenvalue weighted by atomic mass is 9.97. The fraction of sp³-hybridized carbons (Fsp3) is 0.300. The first-order chi connectivity index (χ1) is 12.5. The van der Waals surface area contributed by atoms with E-state index in [4.69, 9.17) is 0 Å². The lowest BCUT2D eigenvalue weighted by Crippen LogP contribution is -2.35. The minimum Gasteiger partial charge on any atom is -0.354 e. The van der Waals surface area contributed by atoms with Crippen LogP contribution in [0.2, 0.25) is 0 Å². The first-order valence-corrected chi connectivity index (χ1v) is 8.61. The van der Waals surface area contributed by atoms with Gasteiger partial charge in [0.05, 0.1) is 5.39 Å². The van der Waals surface area contributed by atoms with E-state index in [1.54, 1.807) is 24.3 Å². The van der Waals surface area contributed by atoms with Crippen LogP contribution in [0.1, 0.15) is 22.3 Å². The van der Waals surface area contributed by atoms with Gasteiger partial charge < -0.3 is 5.32 Å². The summed E-state index contributed by atoms with van der Waals surface area (Å²) < 4.78 is 1.10. The molecule has 6 heteroatoms. The molecule has 26 heavy (non-hydrogen) atoms. The van der Waals surface area contributed by atoms with Crippen molar-refractivity contribution in [2.24, 2.45) is 0 Å². The van der Waals surface area contributed by atoms with Gasteiger partial charge in [-0.05, 0) is 56.0 Å². The van der Waals surface area contributed by atoms with Crippen LogP contribution < -0.4 is 10.9 Å². The number of carbonyl (C=O) groups is 1. The van der Waals surface area contributed by atoms with Gasteiger partial charge in [0.25, 0.3) is 5.56 Å². The zero-order chi connectivity index (χ0) is 18.7. The summed E-state index contributed by atoms with van der Waals surface area (Å²) >= 11 is 0. The van der Waals surface area contributed by atoms with Gasteiger partial charge in [0, 0.05) is 6.54 Å². The molecule has 0 atom stereocenters. The third kappa shape index (κ3) is 3.79. The molecule has 1 heterocycles. The zero-order valence-corrected chi connectivity index (χ0v) is 15.2. The molecule has 1 aromatic heterocycles. The SMILES string of the molecule is Cc1cc(C)c(CCNC(=O)Cn2nnc3ccccc3c2=O)c(C)c1. The second kappa shape index (κ2) is 7.47. The molecule has 0 saturated carbocycles. The Labute approximate surface area is 151 Å². The Morgan fingerprint density at radius 2 is 1.81 bits per heavy atom. The minimum atomic E-state index is -0.309. The summed E-state index contributed by atoms with van der Waals surface area (Å²) in [5.41, 5.74) is 5.16. The fourth-order valence-corrected chi connectivity index (χ4v) is 3.25. The molecular weight excluding hydrogens is 328 g/mol. The highest BCUT2D eigenvalue weighted by Crippen LogP contribution is 2.16. The Hall–Kier alpha value is -3.02. The maximum absolute atomic E-state index is 12.4. The molecule has 3 rings (SSSR count). The van der Waals surface area contributed by atoms with Crippen LogP contribution in [0.3, 0.4) is 0 Å². The Bertz CT molecular complexity index is 1000. The first kappa shape index (κ1) is 17.8. The highest BCUT2D eigenvalue weighted by Gasteiger charge is 2.10. The molecule has 0 aliphatic carbocycles. The maximum atomic E-state index is 12.4. The van der Waals surface area contributed by atoms with E-state index in [0.29, 0.717) is 17.4 Å². The molecule has 3 aromatic rings. The molecular formula is C20H22N4O2. The average molecular weight is 350 g/mol. The lowest BCUT2D eigenvalue weighted by molar-refractivity contribution is -0.121. The van der Waals surface area contributed by atoms with Crippen LogP contribution >= 0.6 is 0 Å². The van der Waals surface area contributed by atoms with Crippen LogP contribution in [0, 0.1) is 20.8 Å². The third-order valence-electron chi connectivity index (χ3n) is 4.46. The van der Waals surface area contributed by atoms with Crippen molar-refractivity contribution < 1.29 is 4.79 Å². The van der Waals surface area contributed by atoms with E-state index in [9.17, 15) is 9.59 Å². The van der Waals surface area contributed by atoms with Gasteiger partial charge >= 0.3 is 0 Å². The van der Waals surface area contributed by atoms with E-state index in [0.717, 1.165) is 11.1 Å². The Morgan fingerprint density at radius 1 is 1.12 bits per heavy atom. The molecule has 0 bridgehead atoms. The summed E-state index contributed by atoms with van der Waals surface area (Å²) in [5.74, 6) is -0.251. The van der Waals surface area contributed by atoms with Crippen molar-refractivity contribution in [2.75, 3.05) is 6.54 Å². The standard InChI is InChI=1S/C20H22N4O2/c1-13-10-14(2)16(15(3)11-13)8-9-21-19(25)12-24-20(26)17-6-4-5-7-18(17)22-23-24/h4-7,10-11H,8-9,12H2,1-3H3,(H,21,25). The van der Waals surface area contributed by atoms with Gasteiger partial charge in [-0.2, -0.15) is 0 Å². The first-order valence-electron chi connectivity index (χ1n) is 8.61. The number of benzene rings is 2. The summed E-state index contributed by atoms with van der Waals surface area (Å²) in [6.07, 6.45) is 0.752. The highest BCUT2D eigenvalue weighted by molar-refractivity contribution is 5.78. The summed E-state index contributed by atoms with van der Waals surface area (Å²) in [6.45, 7) is 6.62. The Kier molecular flexibility index (Phi) is 5.11. The van der Waals surface area contributed by atoms with Crippen molar-refractivity contribution in [1.29, 1.82) is 0 Å². The van der Waals surface area contributed by atoms with Crippen molar-refractivity contribution in [1.82, 2.24) is 20.3 Å². The van der Waals surface area contributed by atoms with Gasteiger partial charge in [0.1, 0.15) is 12.1 Å². The molecule has 1 N–H and O–H groups in total. The minimum absolute atomic E-state index is 0.136. The number of hydrogen-bond acceptors (Lipinski definition) is 4. The van der Waals surface area contributed by atoms with Gasteiger partial charge in [-0.3, -0.25) is 9.59 Å². The van der Waals surface area contributed by atoms with Gasteiger partial charge in [0.2, 0.25) is 5.91 Å². The summed E-state index contributed by atoms with van der Waals surface area (Å²) in [7, 11) is 0. The van der Waals surface area contributed by atoms with Gasteiger partial charge in [-0.1, -0.05) is 35.0 Å². The van der Waals surface area contributed by atoms with Crippen LogP contribution in [0.4, 0.5) is 0 Å². The number of nitrogens with one attached hydrogen (secondary N) is 1. The fourth-order valence-electron chi connectivity index (χ4n) is 3.25. The van der Waals surface area contributed by atoms with Crippen molar-refractivity contribution in [3.05, 3.63) is 69.0 Å². The molecule has 0 radical (unpaired) electrons. The zero-order valence-electron chi connectivity index (χ0n) is 15.2. The number of aryl methyl sites for hydroxylation is 3. The molecule has 2 aromatic carbocycles. The van der Waals surface area contributed by atoms with E-state index < -0.39 is 0 Å². The molecule has 0 unspecified atom stereocenters. The third-order valence-corrected chi connectivity index (χ3v) is 4.46. The molecule has 0 aliphatic heterocycles. The number of hydrogen-bond donors (Lipinski definition) is 1. The number of rotatable bonds is 5. The number of fused-ring (bicyclic) bond motifs is 1. The Balaban J connectivity index is 1.63. The molecule has 0 fully saturated rings. The van der Waals surface area contributed by atoms with Crippen molar-refractivity contribution >= 4 is 16.8 Å². The molecule has 1 amide bonds. The summed E-state index contributed by atoms with van der Waals surface area (Å²) in [5, 5.41) is 11.1. The average Bonchev–Trinajstić information content (AvgIpc) is 2.60. The number of amides is 1. The summed E-state index contributed by atoms with van der Waals surface area (Å²) in [6, 6.07) is 11.3. The summed E-state index contributed by atoms with van der Waals surface area (Å²) in [4.78, 5) is 24.5. The Morgan fingerprint density at radius 3 is 2.54 bits per heavy atom. The van der Waals surface area contributed by atoms with E-state index in [2.05, 4.69) is 48.5 Å². The van der Waals surface area contributed by atoms with Crippen LogP contribution in [0.25, 0.3) is 10.9 Å². The van der Waals surface area contributed by atoms with Crippen molar-refractivity contribution in [3.63, 3.8) is 0 Å². The number of carbonyl (C=O) groups excluding carboxylic acids is 1. The quantitative estimate of drug-likeness (QED) is 0.764. The number of nitrogens with zero attached hydrogens (tertiary/aromatic N) is 3. The second-order valence-electron chi connectivity index (χ2n) is 6.55. The van der Waals surface area contributed by atoms with Crippen LogP contribution in [-0.2, 0) is 17.8 Å². The highest BCUT2D eigenvalue weighted by atomic mass is 16.2. The van der Waals surface area contributed by atoms with E-state index >= 15 is 0 Å². The smallest absolute Gasteiger partial charge is 0.278 e. The van der Waals surface area contributed by atoms with E-state index in [-0.39, 0.29) is 18.0 Å². The van der Waals surface area contributed by atoms with Gasteiger partial charge in [-0.25, -0.2) is 4.68 Å². The van der Waals surface area contributed by atoms with Crippen LogP contribution in [0.5, 0.6) is 0 Å². The second-order valence-corrected chi connectivity index (χ2v) is 6.55. The predicted molar refractivity (Wildman–Crippen MR) is 101 cm³/mol. The predicted octanol–water partition coefficient (Wildman–Crippen LogP) is 2.08. The molecule has 6 nitrogen and oxygen atoms in total. The van der Waals surface area contributed by atoms with Crippen LogP contribution in [-0.4, -0.2) is 27.4 Å².